The fourth-order valence-corrected chi connectivity index (χ4v) is 5.85. The second-order valence-electron chi connectivity index (χ2n) is 8.34. The summed E-state index contributed by atoms with van der Waals surface area (Å²) >= 11 is 6.07. The van der Waals surface area contributed by atoms with E-state index >= 15 is 0 Å². The molecule has 0 spiro atoms. The second-order valence-corrected chi connectivity index (χ2v) is 10.7. The van der Waals surface area contributed by atoms with Crippen LogP contribution in [0.4, 0.5) is 4.79 Å². The maximum atomic E-state index is 12.8. The summed E-state index contributed by atoms with van der Waals surface area (Å²) in [5.41, 5.74) is -0.0920. The molecule has 2 fully saturated rings. The molecule has 0 radical (unpaired) electrons. The van der Waals surface area contributed by atoms with E-state index in [1.807, 2.05) is 0 Å². The Morgan fingerprint density at radius 2 is 1.66 bits per heavy atom. The van der Waals surface area contributed by atoms with Gasteiger partial charge < -0.3 is 10.2 Å². The molecule has 0 unspecified atom stereocenters. The van der Waals surface area contributed by atoms with E-state index in [4.69, 9.17) is 11.6 Å². The highest BCUT2D eigenvalue weighted by atomic mass is 35.5. The number of likely N-dealkylation sites (tertiary alicyclic amines) is 1. The molecule has 2 aliphatic heterocycles. The van der Waals surface area contributed by atoms with E-state index in [-0.39, 0.29) is 34.6 Å². The molecule has 2 aliphatic rings. The number of carbonyl (C=O) groups is 1. The van der Waals surface area contributed by atoms with Crippen LogP contribution in [-0.2, 0) is 10.0 Å². The molecule has 162 valence electrons. The number of halogens is 1. The predicted octanol–water partition coefficient (Wildman–Crippen LogP) is 2.62. The fourth-order valence-electron chi connectivity index (χ4n) is 3.94. The Morgan fingerprint density at radius 3 is 2.28 bits per heavy atom. The van der Waals surface area contributed by atoms with Crippen molar-refractivity contribution in [2.24, 2.45) is 0 Å². The number of sulfonamides is 1. The van der Waals surface area contributed by atoms with Crippen LogP contribution in [0.5, 0.6) is 0 Å². The molecule has 0 bridgehead atoms. The van der Waals surface area contributed by atoms with Crippen LogP contribution >= 0.6 is 11.6 Å². The van der Waals surface area contributed by atoms with Crippen molar-refractivity contribution >= 4 is 27.7 Å². The lowest BCUT2D eigenvalue weighted by molar-refractivity contribution is 0.0928. The van der Waals surface area contributed by atoms with Gasteiger partial charge in [0.25, 0.3) is 0 Å². The Labute approximate surface area is 179 Å². The Kier molecular flexibility index (Phi) is 7.09. The molecular weight excluding hydrogens is 412 g/mol. The molecule has 0 aliphatic carbocycles. The van der Waals surface area contributed by atoms with Crippen LogP contribution in [0.1, 0.15) is 33.1 Å². The van der Waals surface area contributed by atoms with E-state index in [9.17, 15) is 13.2 Å². The normalized spacial score (nSPS) is 19.9. The third kappa shape index (κ3) is 5.23. The first-order chi connectivity index (χ1) is 13.7. The molecule has 1 N–H and O–H groups in total. The minimum atomic E-state index is -3.66. The highest BCUT2D eigenvalue weighted by molar-refractivity contribution is 7.89. The summed E-state index contributed by atoms with van der Waals surface area (Å²) in [6.45, 7) is 8.28. The van der Waals surface area contributed by atoms with Gasteiger partial charge in [-0.15, -0.1) is 0 Å². The number of hydrogen-bond acceptors (Lipinski definition) is 4. The minimum absolute atomic E-state index is 0.0920. The summed E-state index contributed by atoms with van der Waals surface area (Å²) in [6, 6.07) is 6.31. The Balaban J connectivity index is 1.52. The van der Waals surface area contributed by atoms with E-state index in [0.29, 0.717) is 19.6 Å². The van der Waals surface area contributed by atoms with Gasteiger partial charge in [-0.25, -0.2) is 13.2 Å². The average Bonchev–Trinajstić information content (AvgIpc) is 2.73. The lowest BCUT2D eigenvalue weighted by Gasteiger charge is -2.41. The number of nitrogens with zero attached hydrogens (tertiary/aromatic N) is 3. The van der Waals surface area contributed by atoms with Crippen LogP contribution in [0.3, 0.4) is 0 Å². The van der Waals surface area contributed by atoms with Crippen molar-refractivity contribution in [2.75, 3.05) is 45.8 Å². The van der Waals surface area contributed by atoms with Crippen LogP contribution < -0.4 is 5.32 Å². The van der Waals surface area contributed by atoms with Gasteiger partial charge in [-0.1, -0.05) is 30.2 Å². The van der Waals surface area contributed by atoms with Gasteiger partial charge in [0, 0.05) is 38.3 Å². The maximum Gasteiger partial charge on any atom is 0.317 e. The quantitative estimate of drug-likeness (QED) is 0.760. The SMILES string of the molecule is CC(C)(CNC(=O)N1CCN(S(=O)(=O)c2ccccc2Cl)CC1)N1CCCCC1. The smallest absolute Gasteiger partial charge is 0.317 e. The summed E-state index contributed by atoms with van der Waals surface area (Å²) in [4.78, 5) is 16.8. The second kappa shape index (κ2) is 9.20. The van der Waals surface area contributed by atoms with Crippen molar-refractivity contribution in [2.45, 2.75) is 43.5 Å². The zero-order chi connectivity index (χ0) is 21.1. The zero-order valence-corrected chi connectivity index (χ0v) is 18.8. The number of hydrogen-bond donors (Lipinski definition) is 1. The number of nitrogens with one attached hydrogen (secondary N) is 1. The highest BCUT2D eigenvalue weighted by Crippen LogP contribution is 2.25. The molecule has 1 aromatic rings. The number of urea groups is 1. The molecule has 0 aromatic heterocycles. The molecule has 9 heteroatoms. The first-order valence-corrected chi connectivity index (χ1v) is 12.1. The van der Waals surface area contributed by atoms with Gasteiger partial charge in [0.1, 0.15) is 4.90 Å². The molecule has 2 heterocycles. The van der Waals surface area contributed by atoms with E-state index in [1.54, 1.807) is 23.1 Å². The zero-order valence-electron chi connectivity index (χ0n) is 17.2. The fraction of sp³-hybridized carbons (Fsp3) is 0.650. The van der Waals surface area contributed by atoms with Crippen LogP contribution in [0.2, 0.25) is 5.02 Å². The number of piperidine rings is 1. The minimum Gasteiger partial charge on any atom is -0.336 e. The molecular formula is C20H31ClN4O3S. The molecule has 29 heavy (non-hydrogen) atoms. The van der Waals surface area contributed by atoms with Crippen molar-refractivity contribution in [3.8, 4) is 0 Å². The third-order valence-electron chi connectivity index (χ3n) is 5.86. The third-order valence-corrected chi connectivity index (χ3v) is 8.26. The molecule has 3 rings (SSSR count). The van der Waals surface area contributed by atoms with E-state index in [2.05, 4.69) is 24.1 Å². The number of piperazine rings is 1. The van der Waals surface area contributed by atoms with E-state index in [1.165, 1.54) is 29.6 Å². The van der Waals surface area contributed by atoms with Gasteiger partial charge in [-0.05, 0) is 51.9 Å². The summed E-state index contributed by atoms with van der Waals surface area (Å²) in [7, 11) is -3.66. The van der Waals surface area contributed by atoms with Crippen LogP contribution in [0.25, 0.3) is 0 Å². The Bertz CT molecular complexity index is 817. The van der Waals surface area contributed by atoms with Gasteiger partial charge in [-0.2, -0.15) is 4.31 Å². The number of amides is 2. The van der Waals surface area contributed by atoms with Crippen molar-refractivity contribution in [1.29, 1.82) is 0 Å². The number of benzene rings is 1. The Hall–Kier alpha value is -1.35. The summed E-state index contributed by atoms with van der Waals surface area (Å²) in [5, 5.41) is 3.26. The lowest BCUT2D eigenvalue weighted by Crippen LogP contribution is -2.57. The number of carbonyl (C=O) groups excluding carboxylic acids is 1. The molecule has 7 nitrogen and oxygen atoms in total. The number of rotatable bonds is 5. The molecule has 2 saturated heterocycles. The van der Waals surface area contributed by atoms with Gasteiger partial charge in [-0.3, -0.25) is 4.90 Å². The summed E-state index contributed by atoms with van der Waals surface area (Å²) in [5.74, 6) is 0. The maximum absolute atomic E-state index is 12.8. The van der Waals surface area contributed by atoms with Crippen LogP contribution in [0.15, 0.2) is 29.2 Å². The molecule has 0 atom stereocenters. The summed E-state index contributed by atoms with van der Waals surface area (Å²) < 4.78 is 27.1. The average molecular weight is 443 g/mol. The molecule has 1 aromatic carbocycles. The highest BCUT2D eigenvalue weighted by Gasteiger charge is 2.33. The molecule has 2 amide bonds. The Morgan fingerprint density at radius 1 is 1.03 bits per heavy atom. The van der Waals surface area contributed by atoms with Crippen molar-refractivity contribution < 1.29 is 13.2 Å². The largest absolute Gasteiger partial charge is 0.336 e. The van der Waals surface area contributed by atoms with Gasteiger partial charge in [0.2, 0.25) is 10.0 Å². The summed E-state index contributed by atoms with van der Waals surface area (Å²) in [6.07, 6.45) is 3.69. The lowest BCUT2D eigenvalue weighted by atomic mass is 9.98. The van der Waals surface area contributed by atoms with E-state index < -0.39 is 10.0 Å². The van der Waals surface area contributed by atoms with Gasteiger partial charge in [0.15, 0.2) is 0 Å². The van der Waals surface area contributed by atoms with E-state index in [0.717, 1.165) is 13.1 Å². The van der Waals surface area contributed by atoms with Crippen LogP contribution in [0, 0.1) is 0 Å². The van der Waals surface area contributed by atoms with Crippen molar-refractivity contribution in [3.63, 3.8) is 0 Å². The van der Waals surface area contributed by atoms with Crippen LogP contribution in [-0.4, -0.2) is 79.9 Å². The van der Waals surface area contributed by atoms with Crippen molar-refractivity contribution in [1.82, 2.24) is 19.4 Å². The molecule has 0 saturated carbocycles. The van der Waals surface area contributed by atoms with Gasteiger partial charge in [0.05, 0.1) is 5.02 Å². The first kappa shape index (κ1) is 22.3. The monoisotopic (exact) mass is 442 g/mol. The van der Waals surface area contributed by atoms with Gasteiger partial charge >= 0.3 is 6.03 Å². The topological polar surface area (TPSA) is 73.0 Å². The predicted molar refractivity (Wildman–Crippen MR) is 115 cm³/mol. The van der Waals surface area contributed by atoms with Crippen molar-refractivity contribution in [3.05, 3.63) is 29.3 Å². The standard InChI is InChI=1S/C20H31ClN4O3S/c1-20(2,24-10-6-3-7-11-24)16-22-19(26)23-12-14-25(15-13-23)29(27,28)18-9-5-4-8-17(18)21/h4-5,8-9H,3,6-7,10-16H2,1-2H3,(H,22,26). The first-order valence-electron chi connectivity index (χ1n) is 10.2.